The van der Waals surface area contributed by atoms with Crippen LogP contribution in [0.1, 0.15) is 54.5 Å². The molecule has 0 saturated heterocycles. The summed E-state index contributed by atoms with van der Waals surface area (Å²) in [7, 11) is 0. The molecular weight excluding hydrogens is 446 g/mol. The average molecular weight is 476 g/mol. The van der Waals surface area contributed by atoms with Crippen LogP contribution in [0.25, 0.3) is 11.0 Å². The lowest BCUT2D eigenvalue weighted by molar-refractivity contribution is 0.0937. The van der Waals surface area contributed by atoms with E-state index in [1.807, 2.05) is 37.3 Å². The van der Waals surface area contributed by atoms with Crippen molar-refractivity contribution < 1.29 is 9.53 Å². The van der Waals surface area contributed by atoms with Crippen LogP contribution in [0.2, 0.25) is 5.02 Å². The SMILES string of the molecule is CCc1ccc(OCCCCn2c(C(C)NC(=O)c3cccc(Cl)c3)nc3ccccc32)cc1. The van der Waals surface area contributed by atoms with Crippen LogP contribution in [0.15, 0.2) is 72.8 Å². The Hall–Kier alpha value is -3.31. The van der Waals surface area contributed by atoms with Crippen molar-refractivity contribution in [2.75, 3.05) is 6.61 Å². The third-order valence-electron chi connectivity index (χ3n) is 5.88. The maximum Gasteiger partial charge on any atom is 0.251 e. The number of hydrogen-bond acceptors (Lipinski definition) is 3. The first kappa shape index (κ1) is 23.8. The second-order valence-corrected chi connectivity index (χ2v) is 8.81. The number of fused-ring (bicyclic) bond motifs is 1. The first-order valence-electron chi connectivity index (χ1n) is 11.8. The summed E-state index contributed by atoms with van der Waals surface area (Å²) in [6, 6.07) is 23.1. The van der Waals surface area contributed by atoms with E-state index in [-0.39, 0.29) is 11.9 Å². The normalized spacial score (nSPS) is 12.0. The number of ether oxygens (including phenoxy) is 1. The molecule has 176 valence electrons. The summed E-state index contributed by atoms with van der Waals surface area (Å²) in [6.07, 6.45) is 2.89. The Labute approximate surface area is 205 Å². The van der Waals surface area contributed by atoms with Crippen LogP contribution in [0, 0.1) is 0 Å². The highest BCUT2D eigenvalue weighted by molar-refractivity contribution is 6.30. The van der Waals surface area contributed by atoms with E-state index in [1.54, 1.807) is 24.3 Å². The molecule has 1 aromatic heterocycles. The first-order valence-corrected chi connectivity index (χ1v) is 12.2. The number of unbranched alkanes of at least 4 members (excludes halogenated alkanes) is 1. The maximum atomic E-state index is 12.8. The van der Waals surface area contributed by atoms with E-state index in [4.69, 9.17) is 21.3 Å². The van der Waals surface area contributed by atoms with Gasteiger partial charge in [0.05, 0.1) is 23.7 Å². The number of para-hydroxylation sites is 2. The Morgan fingerprint density at radius 2 is 1.85 bits per heavy atom. The smallest absolute Gasteiger partial charge is 0.251 e. The Balaban J connectivity index is 1.40. The minimum Gasteiger partial charge on any atom is -0.494 e. The van der Waals surface area contributed by atoms with Crippen molar-refractivity contribution in [1.82, 2.24) is 14.9 Å². The molecule has 1 amide bonds. The van der Waals surface area contributed by atoms with E-state index >= 15 is 0 Å². The van der Waals surface area contributed by atoms with Crippen molar-refractivity contribution in [2.24, 2.45) is 0 Å². The second-order valence-electron chi connectivity index (χ2n) is 8.37. The largest absolute Gasteiger partial charge is 0.494 e. The lowest BCUT2D eigenvalue weighted by atomic mass is 10.2. The third-order valence-corrected chi connectivity index (χ3v) is 6.12. The molecule has 0 saturated carbocycles. The van der Waals surface area contributed by atoms with Crippen LogP contribution >= 0.6 is 11.6 Å². The molecular formula is C28H30ClN3O2. The highest BCUT2D eigenvalue weighted by Crippen LogP contribution is 2.22. The molecule has 0 fully saturated rings. The van der Waals surface area contributed by atoms with E-state index in [2.05, 4.69) is 35.0 Å². The van der Waals surface area contributed by atoms with Gasteiger partial charge in [-0.05, 0) is 74.2 Å². The Morgan fingerprint density at radius 3 is 2.62 bits per heavy atom. The molecule has 1 heterocycles. The summed E-state index contributed by atoms with van der Waals surface area (Å²) in [4.78, 5) is 17.6. The second kappa shape index (κ2) is 11.2. The van der Waals surface area contributed by atoms with Gasteiger partial charge in [-0.1, -0.05) is 48.9 Å². The van der Waals surface area contributed by atoms with Crippen LogP contribution < -0.4 is 10.1 Å². The molecule has 0 bridgehead atoms. The topological polar surface area (TPSA) is 56.1 Å². The minimum atomic E-state index is -0.257. The van der Waals surface area contributed by atoms with Gasteiger partial charge in [-0.3, -0.25) is 4.79 Å². The lowest BCUT2D eigenvalue weighted by Gasteiger charge is -2.17. The van der Waals surface area contributed by atoms with Crippen molar-refractivity contribution in [1.29, 1.82) is 0 Å². The summed E-state index contributed by atoms with van der Waals surface area (Å²) < 4.78 is 8.11. The predicted octanol–water partition coefficient (Wildman–Crippen LogP) is 6.60. The monoisotopic (exact) mass is 475 g/mol. The van der Waals surface area contributed by atoms with Gasteiger partial charge < -0.3 is 14.6 Å². The summed E-state index contributed by atoms with van der Waals surface area (Å²) >= 11 is 6.05. The fourth-order valence-electron chi connectivity index (χ4n) is 4.02. The Morgan fingerprint density at radius 1 is 1.06 bits per heavy atom. The van der Waals surface area contributed by atoms with Gasteiger partial charge in [0.2, 0.25) is 0 Å². The number of carbonyl (C=O) groups excluding carboxylic acids is 1. The molecule has 0 spiro atoms. The number of carbonyl (C=O) groups is 1. The van der Waals surface area contributed by atoms with Gasteiger partial charge in [0.25, 0.3) is 5.91 Å². The zero-order chi connectivity index (χ0) is 23.9. The summed E-state index contributed by atoms with van der Waals surface area (Å²) in [5.74, 6) is 1.58. The zero-order valence-corrected chi connectivity index (χ0v) is 20.4. The maximum absolute atomic E-state index is 12.8. The average Bonchev–Trinajstić information content (AvgIpc) is 3.23. The molecule has 5 nitrogen and oxygen atoms in total. The van der Waals surface area contributed by atoms with Gasteiger partial charge in [0.15, 0.2) is 0 Å². The van der Waals surface area contributed by atoms with Crippen LogP contribution in [-0.4, -0.2) is 22.1 Å². The Bertz CT molecular complexity index is 1250. The zero-order valence-electron chi connectivity index (χ0n) is 19.6. The standard InChI is InChI=1S/C28H30ClN3O2/c1-3-21-13-15-24(16-14-21)34-18-7-6-17-32-26-12-5-4-11-25(26)31-27(32)20(2)30-28(33)22-9-8-10-23(29)19-22/h4-5,8-16,19-20H,3,6-7,17-18H2,1-2H3,(H,30,33). The quantitative estimate of drug-likeness (QED) is 0.263. The fraction of sp³-hybridized carbons (Fsp3) is 0.286. The number of imidazole rings is 1. The molecule has 6 heteroatoms. The van der Waals surface area contributed by atoms with Crippen molar-refractivity contribution in [3.8, 4) is 5.75 Å². The summed E-state index contributed by atoms with van der Waals surface area (Å²) in [6.45, 7) is 5.57. The molecule has 1 unspecified atom stereocenters. The fourth-order valence-corrected chi connectivity index (χ4v) is 4.21. The minimum absolute atomic E-state index is 0.170. The van der Waals surface area contributed by atoms with Gasteiger partial charge in [-0.25, -0.2) is 4.98 Å². The summed E-state index contributed by atoms with van der Waals surface area (Å²) in [5, 5.41) is 3.61. The van der Waals surface area contributed by atoms with Crippen molar-refractivity contribution in [2.45, 2.75) is 45.7 Å². The lowest BCUT2D eigenvalue weighted by Crippen LogP contribution is -2.28. The van der Waals surface area contributed by atoms with Gasteiger partial charge in [-0.2, -0.15) is 0 Å². The van der Waals surface area contributed by atoms with Gasteiger partial charge in [-0.15, -0.1) is 0 Å². The van der Waals surface area contributed by atoms with E-state index in [0.29, 0.717) is 17.2 Å². The molecule has 4 rings (SSSR count). The van der Waals surface area contributed by atoms with Gasteiger partial charge in [0.1, 0.15) is 11.6 Å². The van der Waals surface area contributed by atoms with Crippen LogP contribution in [0.3, 0.4) is 0 Å². The molecule has 1 N–H and O–H groups in total. The van der Waals surface area contributed by atoms with E-state index in [1.165, 1.54) is 5.56 Å². The number of aromatic nitrogens is 2. The number of nitrogens with zero attached hydrogens (tertiary/aromatic N) is 2. The van der Waals surface area contributed by atoms with Crippen molar-refractivity contribution >= 4 is 28.5 Å². The molecule has 1 atom stereocenters. The number of aryl methyl sites for hydroxylation is 2. The highest BCUT2D eigenvalue weighted by atomic mass is 35.5. The molecule has 0 radical (unpaired) electrons. The molecule has 0 aliphatic carbocycles. The Kier molecular flexibility index (Phi) is 7.86. The third kappa shape index (κ3) is 5.78. The van der Waals surface area contributed by atoms with Crippen LogP contribution in [0.4, 0.5) is 0 Å². The van der Waals surface area contributed by atoms with E-state index in [0.717, 1.165) is 48.4 Å². The van der Waals surface area contributed by atoms with Gasteiger partial charge in [0, 0.05) is 17.1 Å². The van der Waals surface area contributed by atoms with Crippen molar-refractivity contribution in [3.05, 3.63) is 94.8 Å². The van der Waals surface area contributed by atoms with Crippen LogP contribution in [-0.2, 0) is 13.0 Å². The number of amides is 1. The van der Waals surface area contributed by atoms with Crippen molar-refractivity contribution in [3.63, 3.8) is 0 Å². The number of halogens is 1. The predicted molar refractivity (Wildman–Crippen MR) is 138 cm³/mol. The highest BCUT2D eigenvalue weighted by Gasteiger charge is 2.19. The summed E-state index contributed by atoms with van der Waals surface area (Å²) in [5.41, 5.74) is 3.83. The number of rotatable bonds is 10. The van der Waals surface area contributed by atoms with E-state index in [9.17, 15) is 4.79 Å². The molecule has 3 aromatic carbocycles. The molecule has 0 aliphatic rings. The number of hydrogen-bond donors (Lipinski definition) is 1. The first-order chi connectivity index (χ1) is 16.5. The number of nitrogens with one attached hydrogen (secondary N) is 1. The van der Waals surface area contributed by atoms with Gasteiger partial charge >= 0.3 is 0 Å². The number of benzene rings is 3. The molecule has 0 aliphatic heterocycles. The molecule has 34 heavy (non-hydrogen) atoms. The molecule has 4 aromatic rings. The van der Waals surface area contributed by atoms with Crippen LogP contribution in [0.5, 0.6) is 5.75 Å². The van der Waals surface area contributed by atoms with E-state index < -0.39 is 0 Å².